The van der Waals surface area contributed by atoms with Crippen LogP contribution in [0.4, 0.5) is 17.1 Å². The average Bonchev–Trinajstić information content (AvgIpc) is 3.05. The SMILES string of the molecule is CN1CCN(C(Cc2ccccc2C(=O)Nc2cc(-c3ccccc3)ccc2N)C(=O)Nc2ccc3ccccc3c2)CC1. The van der Waals surface area contributed by atoms with Crippen molar-refractivity contribution in [2.45, 2.75) is 12.5 Å². The van der Waals surface area contributed by atoms with E-state index in [0.29, 0.717) is 23.4 Å². The zero-order valence-electron chi connectivity index (χ0n) is 24.9. The lowest BCUT2D eigenvalue weighted by Gasteiger charge is -2.37. The van der Waals surface area contributed by atoms with Gasteiger partial charge in [-0.05, 0) is 71.3 Å². The third kappa shape index (κ3) is 6.64. The van der Waals surface area contributed by atoms with Crippen molar-refractivity contribution in [3.8, 4) is 11.1 Å². The van der Waals surface area contributed by atoms with Crippen molar-refractivity contribution in [3.05, 3.63) is 126 Å². The number of nitrogens with one attached hydrogen (secondary N) is 2. The Kier molecular flexibility index (Phi) is 8.68. The predicted octanol–water partition coefficient (Wildman–Crippen LogP) is 6.14. The van der Waals surface area contributed by atoms with E-state index < -0.39 is 6.04 Å². The molecule has 1 aliphatic heterocycles. The van der Waals surface area contributed by atoms with E-state index in [4.69, 9.17) is 5.73 Å². The molecule has 0 saturated carbocycles. The van der Waals surface area contributed by atoms with Crippen LogP contribution in [0.2, 0.25) is 0 Å². The van der Waals surface area contributed by atoms with E-state index in [1.807, 2.05) is 109 Å². The Hall–Kier alpha value is -4.98. The summed E-state index contributed by atoms with van der Waals surface area (Å²) in [5, 5.41) is 8.40. The third-order valence-electron chi connectivity index (χ3n) is 8.38. The molecule has 0 aromatic heterocycles. The zero-order valence-corrected chi connectivity index (χ0v) is 24.9. The van der Waals surface area contributed by atoms with Crippen molar-refractivity contribution in [2.75, 3.05) is 49.6 Å². The standard InChI is InChI=1S/C37H37N5O2/c1-41-19-21-42(22-20-41)35(37(44)39-31-17-15-27-11-5-6-12-28(27)23-31)25-30-13-7-8-14-32(30)36(43)40-34-24-29(16-18-33(34)38)26-9-3-2-4-10-26/h2-18,23-24,35H,19-22,25,38H2,1H3,(H,39,44)(H,40,43). The molecular weight excluding hydrogens is 546 g/mol. The quantitative estimate of drug-likeness (QED) is 0.191. The Labute approximate surface area is 258 Å². The summed E-state index contributed by atoms with van der Waals surface area (Å²) in [6, 6.07) is 36.8. The molecule has 0 aliphatic carbocycles. The molecule has 1 heterocycles. The molecule has 6 rings (SSSR count). The second-order valence-electron chi connectivity index (χ2n) is 11.4. The first-order valence-electron chi connectivity index (χ1n) is 15.0. The maximum Gasteiger partial charge on any atom is 0.255 e. The van der Waals surface area contributed by atoms with Crippen LogP contribution in [0.15, 0.2) is 115 Å². The molecule has 0 spiro atoms. The molecule has 4 N–H and O–H groups in total. The van der Waals surface area contributed by atoms with Crippen LogP contribution in [0.1, 0.15) is 15.9 Å². The molecule has 0 radical (unpaired) electrons. The molecule has 5 aromatic rings. The second kappa shape index (κ2) is 13.1. The molecule has 7 heteroatoms. The van der Waals surface area contributed by atoms with Crippen LogP contribution >= 0.6 is 0 Å². The van der Waals surface area contributed by atoms with Crippen LogP contribution < -0.4 is 16.4 Å². The zero-order chi connectivity index (χ0) is 30.5. The van der Waals surface area contributed by atoms with Gasteiger partial charge in [0.05, 0.1) is 17.4 Å². The normalized spacial score (nSPS) is 14.7. The molecule has 7 nitrogen and oxygen atoms in total. The summed E-state index contributed by atoms with van der Waals surface area (Å²) in [5.41, 5.74) is 11.4. The topological polar surface area (TPSA) is 90.7 Å². The number of likely N-dealkylation sites (N-methyl/N-ethyl adjacent to an activating group) is 1. The number of hydrogen-bond acceptors (Lipinski definition) is 5. The molecule has 1 fully saturated rings. The summed E-state index contributed by atoms with van der Waals surface area (Å²) in [6.07, 6.45) is 0.395. The number of benzene rings is 5. The van der Waals surface area contributed by atoms with Crippen molar-refractivity contribution in [2.24, 2.45) is 0 Å². The number of amides is 2. The van der Waals surface area contributed by atoms with Gasteiger partial charge in [0, 0.05) is 37.4 Å². The molecule has 44 heavy (non-hydrogen) atoms. The van der Waals surface area contributed by atoms with E-state index in [1.54, 1.807) is 0 Å². The van der Waals surface area contributed by atoms with Gasteiger partial charge in [-0.2, -0.15) is 0 Å². The van der Waals surface area contributed by atoms with Crippen molar-refractivity contribution >= 4 is 39.6 Å². The molecule has 1 unspecified atom stereocenters. The largest absolute Gasteiger partial charge is 0.397 e. The Morgan fingerprint density at radius 2 is 1.43 bits per heavy atom. The van der Waals surface area contributed by atoms with E-state index in [2.05, 4.69) is 33.5 Å². The van der Waals surface area contributed by atoms with Crippen molar-refractivity contribution in [1.82, 2.24) is 9.80 Å². The number of carbonyl (C=O) groups excluding carboxylic acids is 2. The maximum absolute atomic E-state index is 13.9. The first-order chi connectivity index (χ1) is 21.4. The van der Waals surface area contributed by atoms with Gasteiger partial charge in [-0.3, -0.25) is 14.5 Å². The number of fused-ring (bicyclic) bond motifs is 1. The summed E-state index contributed by atoms with van der Waals surface area (Å²) in [6.45, 7) is 3.28. The van der Waals surface area contributed by atoms with Crippen LogP contribution in [0.3, 0.4) is 0 Å². The molecule has 222 valence electrons. The highest BCUT2D eigenvalue weighted by Gasteiger charge is 2.30. The van der Waals surface area contributed by atoms with Gasteiger partial charge < -0.3 is 21.3 Å². The lowest BCUT2D eigenvalue weighted by atomic mass is 9.97. The van der Waals surface area contributed by atoms with E-state index in [-0.39, 0.29) is 11.8 Å². The van der Waals surface area contributed by atoms with E-state index >= 15 is 0 Å². The van der Waals surface area contributed by atoms with Gasteiger partial charge in [0.15, 0.2) is 0 Å². The Balaban J connectivity index is 1.25. The number of nitrogen functional groups attached to an aromatic ring is 1. The van der Waals surface area contributed by atoms with Crippen LogP contribution in [0.25, 0.3) is 21.9 Å². The highest BCUT2D eigenvalue weighted by atomic mass is 16.2. The van der Waals surface area contributed by atoms with Crippen LogP contribution in [-0.4, -0.2) is 60.9 Å². The highest BCUT2D eigenvalue weighted by Crippen LogP contribution is 2.28. The fraction of sp³-hybridized carbons (Fsp3) is 0.189. The highest BCUT2D eigenvalue weighted by molar-refractivity contribution is 6.07. The molecule has 2 amide bonds. The Bertz CT molecular complexity index is 1780. The summed E-state index contributed by atoms with van der Waals surface area (Å²) < 4.78 is 0. The number of hydrogen-bond donors (Lipinski definition) is 3. The number of nitrogens with two attached hydrogens (primary N) is 1. The first-order valence-corrected chi connectivity index (χ1v) is 15.0. The van der Waals surface area contributed by atoms with Gasteiger partial charge in [0.1, 0.15) is 0 Å². The van der Waals surface area contributed by atoms with Crippen molar-refractivity contribution in [1.29, 1.82) is 0 Å². The number of piperazine rings is 1. The van der Waals surface area contributed by atoms with Gasteiger partial charge >= 0.3 is 0 Å². The van der Waals surface area contributed by atoms with E-state index in [0.717, 1.165) is 59.3 Å². The van der Waals surface area contributed by atoms with Gasteiger partial charge in [0.25, 0.3) is 5.91 Å². The average molecular weight is 584 g/mol. The maximum atomic E-state index is 13.9. The molecule has 1 aliphatic rings. The van der Waals surface area contributed by atoms with E-state index in [9.17, 15) is 9.59 Å². The fourth-order valence-electron chi connectivity index (χ4n) is 5.81. The van der Waals surface area contributed by atoms with Gasteiger partial charge in [0.2, 0.25) is 5.91 Å². The second-order valence-corrected chi connectivity index (χ2v) is 11.4. The summed E-state index contributed by atoms with van der Waals surface area (Å²) >= 11 is 0. The minimum atomic E-state index is -0.449. The fourth-order valence-corrected chi connectivity index (χ4v) is 5.81. The molecule has 1 saturated heterocycles. The lowest BCUT2D eigenvalue weighted by Crippen LogP contribution is -2.53. The molecule has 1 atom stereocenters. The Morgan fingerprint density at radius 3 is 2.23 bits per heavy atom. The summed E-state index contributed by atoms with van der Waals surface area (Å²) in [5.74, 6) is -0.343. The predicted molar refractivity (Wildman–Crippen MR) is 180 cm³/mol. The minimum absolute atomic E-state index is 0.0835. The van der Waals surface area contributed by atoms with Gasteiger partial charge in [-0.25, -0.2) is 0 Å². The minimum Gasteiger partial charge on any atom is -0.397 e. The van der Waals surface area contributed by atoms with Crippen molar-refractivity contribution < 1.29 is 9.59 Å². The summed E-state index contributed by atoms with van der Waals surface area (Å²) in [4.78, 5) is 32.2. The number of nitrogens with zero attached hydrogens (tertiary/aromatic N) is 2. The van der Waals surface area contributed by atoms with Crippen LogP contribution in [-0.2, 0) is 11.2 Å². The van der Waals surface area contributed by atoms with Gasteiger partial charge in [-0.1, -0.05) is 84.9 Å². The van der Waals surface area contributed by atoms with Gasteiger partial charge in [-0.15, -0.1) is 0 Å². The Morgan fingerprint density at radius 1 is 0.727 bits per heavy atom. The van der Waals surface area contributed by atoms with Crippen LogP contribution in [0.5, 0.6) is 0 Å². The molecule has 0 bridgehead atoms. The monoisotopic (exact) mass is 583 g/mol. The van der Waals surface area contributed by atoms with Crippen LogP contribution in [0, 0.1) is 0 Å². The number of anilines is 3. The summed E-state index contributed by atoms with van der Waals surface area (Å²) in [7, 11) is 2.10. The first kappa shape index (κ1) is 29.1. The number of carbonyl (C=O) groups is 2. The number of rotatable bonds is 8. The molecular formula is C37H37N5O2. The lowest BCUT2D eigenvalue weighted by molar-refractivity contribution is -0.122. The van der Waals surface area contributed by atoms with E-state index in [1.165, 1.54) is 0 Å². The molecule has 5 aromatic carbocycles. The van der Waals surface area contributed by atoms with Crippen molar-refractivity contribution in [3.63, 3.8) is 0 Å². The third-order valence-corrected chi connectivity index (χ3v) is 8.38. The smallest absolute Gasteiger partial charge is 0.255 e.